The van der Waals surface area contributed by atoms with Crippen LogP contribution in [0.15, 0.2) is 59.4 Å². The molecule has 0 spiro atoms. The van der Waals surface area contributed by atoms with Gasteiger partial charge in [0.05, 0.1) is 31.8 Å². The van der Waals surface area contributed by atoms with Crippen LogP contribution in [0.4, 0.5) is 11.6 Å². The molecule has 0 saturated carbocycles. The highest BCUT2D eigenvalue weighted by Crippen LogP contribution is 2.35. The Labute approximate surface area is 177 Å². The fourth-order valence-corrected chi connectivity index (χ4v) is 3.86. The van der Waals surface area contributed by atoms with Crippen LogP contribution in [-0.2, 0) is 13.1 Å². The SMILES string of the molecule is COc1ccccc1N1CN(C(C)C)Cn2c1nc(C)c(Cc1ccccc1)c2=O. The average molecular weight is 405 g/mol. The summed E-state index contributed by atoms with van der Waals surface area (Å²) >= 11 is 0. The van der Waals surface area contributed by atoms with Gasteiger partial charge in [0.25, 0.3) is 5.56 Å². The number of ether oxygens (including phenoxy) is 1. The third-order valence-corrected chi connectivity index (χ3v) is 5.67. The summed E-state index contributed by atoms with van der Waals surface area (Å²) < 4.78 is 7.39. The molecule has 0 unspecified atom stereocenters. The first-order valence-electron chi connectivity index (χ1n) is 10.3. The lowest BCUT2D eigenvalue weighted by Crippen LogP contribution is -2.50. The zero-order valence-electron chi connectivity index (χ0n) is 18.0. The van der Waals surface area contributed by atoms with E-state index in [2.05, 4.69) is 23.6 Å². The highest BCUT2D eigenvalue weighted by Gasteiger charge is 2.30. The van der Waals surface area contributed by atoms with Crippen molar-refractivity contribution < 1.29 is 4.74 Å². The number of hydrogen-bond donors (Lipinski definition) is 0. The number of nitrogens with zero attached hydrogens (tertiary/aromatic N) is 4. The molecule has 0 amide bonds. The predicted octanol–water partition coefficient (Wildman–Crippen LogP) is 3.93. The fraction of sp³-hybridized carbons (Fsp3) is 0.333. The summed E-state index contributed by atoms with van der Waals surface area (Å²) in [4.78, 5) is 22.8. The Morgan fingerprint density at radius 3 is 2.43 bits per heavy atom. The van der Waals surface area contributed by atoms with Crippen LogP contribution in [0.5, 0.6) is 5.75 Å². The molecule has 0 atom stereocenters. The van der Waals surface area contributed by atoms with E-state index >= 15 is 0 Å². The molecule has 2 aromatic carbocycles. The van der Waals surface area contributed by atoms with Crippen LogP contribution < -0.4 is 15.2 Å². The van der Waals surface area contributed by atoms with Crippen molar-refractivity contribution in [1.82, 2.24) is 14.5 Å². The Kier molecular flexibility index (Phi) is 5.59. The zero-order chi connectivity index (χ0) is 21.3. The molecule has 3 aromatic rings. The molecule has 4 rings (SSSR count). The maximum atomic E-state index is 13.6. The van der Waals surface area contributed by atoms with E-state index in [1.54, 1.807) is 11.7 Å². The van der Waals surface area contributed by atoms with Gasteiger partial charge in [-0.15, -0.1) is 0 Å². The highest BCUT2D eigenvalue weighted by molar-refractivity contribution is 5.66. The van der Waals surface area contributed by atoms with E-state index < -0.39 is 0 Å². The van der Waals surface area contributed by atoms with E-state index in [4.69, 9.17) is 9.72 Å². The molecule has 0 fully saturated rings. The monoisotopic (exact) mass is 404 g/mol. The minimum atomic E-state index is 0.0200. The van der Waals surface area contributed by atoms with Gasteiger partial charge in [0.15, 0.2) is 0 Å². The molecule has 1 aromatic heterocycles. The van der Waals surface area contributed by atoms with Crippen molar-refractivity contribution in [3.8, 4) is 5.75 Å². The summed E-state index contributed by atoms with van der Waals surface area (Å²) in [7, 11) is 1.66. The van der Waals surface area contributed by atoms with Crippen molar-refractivity contribution in [2.75, 3.05) is 18.7 Å². The lowest BCUT2D eigenvalue weighted by molar-refractivity contribution is 0.156. The first-order valence-corrected chi connectivity index (χ1v) is 10.3. The second-order valence-corrected chi connectivity index (χ2v) is 7.94. The number of aryl methyl sites for hydroxylation is 1. The summed E-state index contributed by atoms with van der Waals surface area (Å²) in [5.41, 5.74) is 3.55. The number of fused-ring (bicyclic) bond motifs is 1. The van der Waals surface area contributed by atoms with E-state index in [1.807, 2.05) is 61.5 Å². The zero-order valence-corrected chi connectivity index (χ0v) is 18.0. The molecular formula is C24H28N4O2. The Balaban J connectivity index is 1.85. The first kappa shape index (κ1) is 20.2. The van der Waals surface area contributed by atoms with Gasteiger partial charge in [-0.05, 0) is 38.5 Å². The minimum Gasteiger partial charge on any atom is -0.495 e. The highest BCUT2D eigenvalue weighted by atomic mass is 16.5. The minimum absolute atomic E-state index is 0.0200. The van der Waals surface area contributed by atoms with Gasteiger partial charge in [-0.25, -0.2) is 4.98 Å². The molecular weight excluding hydrogens is 376 g/mol. The van der Waals surface area contributed by atoms with Crippen molar-refractivity contribution in [3.05, 3.63) is 81.8 Å². The van der Waals surface area contributed by atoms with E-state index in [0.29, 0.717) is 25.7 Å². The molecule has 0 bridgehead atoms. The first-order chi connectivity index (χ1) is 14.5. The molecule has 1 aliphatic heterocycles. The molecule has 30 heavy (non-hydrogen) atoms. The molecule has 0 radical (unpaired) electrons. The van der Waals surface area contributed by atoms with Gasteiger partial charge in [0.2, 0.25) is 5.95 Å². The Bertz CT molecular complexity index is 1090. The maximum Gasteiger partial charge on any atom is 0.259 e. The molecule has 0 N–H and O–H groups in total. The van der Waals surface area contributed by atoms with Gasteiger partial charge in [-0.1, -0.05) is 42.5 Å². The number of benzene rings is 2. The van der Waals surface area contributed by atoms with E-state index in [0.717, 1.165) is 28.3 Å². The molecule has 0 aliphatic carbocycles. The number of para-hydroxylation sites is 2. The quantitative estimate of drug-likeness (QED) is 0.645. The molecule has 0 saturated heterocycles. The van der Waals surface area contributed by atoms with Gasteiger partial charge in [0, 0.05) is 18.0 Å². The Morgan fingerprint density at radius 1 is 1.03 bits per heavy atom. The topological polar surface area (TPSA) is 50.6 Å². The van der Waals surface area contributed by atoms with Gasteiger partial charge in [-0.3, -0.25) is 19.2 Å². The third kappa shape index (κ3) is 3.71. The van der Waals surface area contributed by atoms with Crippen molar-refractivity contribution in [2.24, 2.45) is 0 Å². The second-order valence-electron chi connectivity index (χ2n) is 7.94. The fourth-order valence-electron chi connectivity index (χ4n) is 3.86. The molecule has 6 heteroatoms. The van der Waals surface area contributed by atoms with E-state index in [9.17, 15) is 4.79 Å². The van der Waals surface area contributed by atoms with Crippen LogP contribution >= 0.6 is 0 Å². The van der Waals surface area contributed by atoms with Crippen LogP contribution in [0.2, 0.25) is 0 Å². The molecule has 156 valence electrons. The van der Waals surface area contributed by atoms with Crippen LogP contribution in [0, 0.1) is 6.92 Å². The summed E-state index contributed by atoms with van der Waals surface area (Å²) in [6, 6.07) is 18.2. The lowest BCUT2D eigenvalue weighted by atomic mass is 10.1. The number of anilines is 2. The van der Waals surface area contributed by atoms with Gasteiger partial charge in [-0.2, -0.15) is 0 Å². The summed E-state index contributed by atoms with van der Waals surface area (Å²) in [6.07, 6.45) is 0.578. The lowest BCUT2D eigenvalue weighted by Gasteiger charge is -2.40. The van der Waals surface area contributed by atoms with Crippen LogP contribution in [0.3, 0.4) is 0 Å². The van der Waals surface area contributed by atoms with Crippen LogP contribution in [-0.4, -0.2) is 34.3 Å². The van der Waals surface area contributed by atoms with Crippen molar-refractivity contribution in [2.45, 2.75) is 39.9 Å². The summed E-state index contributed by atoms with van der Waals surface area (Å²) in [5, 5.41) is 0. The van der Waals surface area contributed by atoms with Crippen LogP contribution in [0.25, 0.3) is 0 Å². The van der Waals surface area contributed by atoms with Crippen molar-refractivity contribution in [1.29, 1.82) is 0 Å². The number of aromatic nitrogens is 2. The van der Waals surface area contributed by atoms with Crippen molar-refractivity contribution >= 4 is 11.6 Å². The number of hydrogen-bond acceptors (Lipinski definition) is 5. The largest absolute Gasteiger partial charge is 0.495 e. The summed E-state index contributed by atoms with van der Waals surface area (Å²) in [5.74, 6) is 1.42. The molecule has 2 heterocycles. The van der Waals surface area contributed by atoms with Crippen LogP contribution in [0.1, 0.15) is 30.7 Å². The van der Waals surface area contributed by atoms with Gasteiger partial charge < -0.3 is 4.74 Å². The van der Waals surface area contributed by atoms with E-state index in [1.165, 1.54) is 0 Å². The number of rotatable bonds is 5. The summed E-state index contributed by atoms with van der Waals surface area (Å²) in [6.45, 7) is 7.37. The Hall–Kier alpha value is -3.12. The predicted molar refractivity (Wildman–Crippen MR) is 119 cm³/mol. The second kappa shape index (κ2) is 8.32. The van der Waals surface area contributed by atoms with Crippen molar-refractivity contribution in [3.63, 3.8) is 0 Å². The number of methoxy groups -OCH3 is 1. The third-order valence-electron chi connectivity index (χ3n) is 5.67. The molecule has 6 nitrogen and oxygen atoms in total. The smallest absolute Gasteiger partial charge is 0.259 e. The normalized spacial score (nSPS) is 14.1. The van der Waals surface area contributed by atoms with Gasteiger partial charge in [0.1, 0.15) is 5.75 Å². The Morgan fingerprint density at radius 2 is 1.73 bits per heavy atom. The standard InChI is InChI=1S/C24H28N4O2/c1-17(2)26-15-27(21-12-8-9-13-22(21)30-4)24-25-18(3)20(23(29)28(24)16-26)14-19-10-6-5-7-11-19/h5-13,17H,14-16H2,1-4H3. The average Bonchev–Trinajstić information content (AvgIpc) is 2.76. The molecule has 1 aliphatic rings. The van der Waals surface area contributed by atoms with E-state index in [-0.39, 0.29) is 11.6 Å². The maximum absolute atomic E-state index is 13.6. The van der Waals surface area contributed by atoms with Gasteiger partial charge >= 0.3 is 0 Å².